The van der Waals surface area contributed by atoms with E-state index in [0.717, 1.165) is 23.2 Å². The van der Waals surface area contributed by atoms with Crippen LogP contribution >= 0.6 is 11.6 Å². The van der Waals surface area contributed by atoms with Gasteiger partial charge in [-0.3, -0.25) is 0 Å². The zero-order valence-corrected chi connectivity index (χ0v) is 9.90. The van der Waals surface area contributed by atoms with E-state index in [2.05, 4.69) is 10.3 Å². The average molecular weight is 239 g/mol. The highest BCUT2D eigenvalue weighted by Gasteiger charge is 2.11. The lowest BCUT2D eigenvalue weighted by molar-refractivity contribution is 0.636. The number of hydrogen-bond donors (Lipinski definition) is 1. The molecule has 1 aromatic heterocycles. The van der Waals surface area contributed by atoms with Crippen molar-refractivity contribution in [1.82, 2.24) is 4.98 Å². The molecule has 0 bridgehead atoms. The predicted molar refractivity (Wildman–Crippen MR) is 65.6 cm³/mol. The molecule has 0 saturated heterocycles. The van der Waals surface area contributed by atoms with Crippen molar-refractivity contribution in [2.75, 3.05) is 12.4 Å². The third-order valence-electron chi connectivity index (χ3n) is 2.56. The van der Waals surface area contributed by atoms with Crippen LogP contribution in [0.15, 0.2) is 18.2 Å². The number of halogens is 2. The molecular formula is C12H12ClFN2. The van der Waals surface area contributed by atoms with Crippen LogP contribution in [0.5, 0.6) is 0 Å². The van der Waals surface area contributed by atoms with Crippen molar-refractivity contribution < 1.29 is 4.39 Å². The van der Waals surface area contributed by atoms with Gasteiger partial charge in [-0.05, 0) is 24.6 Å². The van der Waals surface area contributed by atoms with Gasteiger partial charge in [0.15, 0.2) is 5.82 Å². The molecule has 1 heterocycles. The van der Waals surface area contributed by atoms with Crippen LogP contribution in [0.2, 0.25) is 5.02 Å². The molecule has 4 heteroatoms. The molecule has 0 radical (unpaired) electrons. The molecule has 0 saturated carbocycles. The monoisotopic (exact) mass is 238 g/mol. The number of hydrogen-bond acceptors (Lipinski definition) is 2. The Bertz CT molecular complexity index is 540. The number of nitrogens with zero attached hydrogens (tertiary/aromatic N) is 1. The molecule has 0 aliphatic rings. The van der Waals surface area contributed by atoms with Gasteiger partial charge >= 0.3 is 0 Å². The van der Waals surface area contributed by atoms with Gasteiger partial charge in [-0.1, -0.05) is 18.5 Å². The number of anilines is 1. The van der Waals surface area contributed by atoms with Gasteiger partial charge in [-0.25, -0.2) is 9.37 Å². The summed E-state index contributed by atoms with van der Waals surface area (Å²) >= 11 is 5.74. The lowest BCUT2D eigenvalue weighted by atomic mass is 10.1. The summed E-state index contributed by atoms with van der Waals surface area (Å²) in [6.45, 7) is 1.98. The van der Waals surface area contributed by atoms with Gasteiger partial charge in [0.1, 0.15) is 5.52 Å². The number of nitrogens with one attached hydrogen (secondary N) is 1. The largest absolute Gasteiger partial charge is 0.388 e. The molecule has 0 atom stereocenters. The third-order valence-corrected chi connectivity index (χ3v) is 2.85. The molecule has 1 aromatic carbocycles. The molecule has 0 spiro atoms. The first-order valence-electron chi connectivity index (χ1n) is 5.12. The van der Waals surface area contributed by atoms with E-state index in [1.54, 1.807) is 19.2 Å². The van der Waals surface area contributed by atoms with Crippen molar-refractivity contribution in [2.45, 2.75) is 13.3 Å². The Labute approximate surface area is 98.4 Å². The van der Waals surface area contributed by atoms with Crippen LogP contribution in [0.1, 0.15) is 12.6 Å². The molecule has 0 fully saturated rings. The van der Waals surface area contributed by atoms with E-state index >= 15 is 0 Å². The van der Waals surface area contributed by atoms with Gasteiger partial charge in [-0.15, -0.1) is 0 Å². The van der Waals surface area contributed by atoms with Crippen molar-refractivity contribution in [1.29, 1.82) is 0 Å². The Morgan fingerprint density at radius 3 is 2.81 bits per heavy atom. The van der Waals surface area contributed by atoms with Gasteiger partial charge < -0.3 is 5.32 Å². The van der Waals surface area contributed by atoms with Crippen LogP contribution in [-0.4, -0.2) is 12.0 Å². The van der Waals surface area contributed by atoms with Crippen LogP contribution in [0.25, 0.3) is 10.9 Å². The molecule has 2 aromatic rings. The standard InChI is InChI=1S/C12H12ClFN2/c1-3-7-6-10(15-2)8-4-5-9(13)11(14)12(8)16-7/h4-6H,3H2,1-2H3,(H,15,16). The van der Waals surface area contributed by atoms with Crippen molar-refractivity contribution in [2.24, 2.45) is 0 Å². The van der Waals surface area contributed by atoms with E-state index in [4.69, 9.17) is 11.6 Å². The fourth-order valence-corrected chi connectivity index (χ4v) is 1.83. The molecular weight excluding hydrogens is 227 g/mol. The number of fused-ring (bicyclic) bond motifs is 1. The van der Waals surface area contributed by atoms with E-state index in [1.165, 1.54) is 0 Å². The summed E-state index contributed by atoms with van der Waals surface area (Å²) in [5.41, 5.74) is 2.05. The van der Waals surface area contributed by atoms with Gasteiger partial charge in [0, 0.05) is 23.8 Å². The smallest absolute Gasteiger partial charge is 0.168 e. The van der Waals surface area contributed by atoms with Crippen molar-refractivity contribution in [3.8, 4) is 0 Å². The second-order valence-electron chi connectivity index (χ2n) is 3.52. The highest BCUT2D eigenvalue weighted by Crippen LogP contribution is 2.28. The molecule has 2 nitrogen and oxygen atoms in total. The fraction of sp³-hybridized carbons (Fsp3) is 0.250. The lowest BCUT2D eigenvalue weighted by Crippen LogP contribution is -1.97. The minimum atomic E-state index is -0.453. The summed E-state index contributed by atoms with van der Waals surface area (Å²) in [5.74, 6) is -0.453. The zero-order chi connectivity index (χ0) is 11.7. The Balaban J connectivity index is 2.84. The third kappa shape index (κ3) is 1.71. The number of aryl methyl sites for hydroxylation is 1. The summed E-state index contributed by atoms with van der Waals surface area (Å²) < 4.78 is 13.8. The SMILES string of the molecule is CCc1cc(NC)c2ccc(Cl)c(F)c2n1. The van der Waals surface area contributed by atoms with Crippen LogP contribution in [0, 0.1) is 5.82 Å². The van der Waals surface area contributed by atoms with Gasteiger partial charge in [-0.2, -0.15) is 0 Å². The average Bonchev–Trinajstić information content (AvgIpc) is 2.32. The first-order valence-corrected chi connectivity index (χ1v) is 5.50. The number of pyridine rings is 1. The zero-order valence-electron chi connectivity index (χ0n) is 9.14. The maximum absolute atomic E-state index is 13.8. The molecule has 84 valence electrons. The first kappa shape index (κ1) is 11.1. The molecule has 2 rings (SSSR count). The van der Waals surface area contributed by atoms with E-state index in [0.29, 0.717) is 5.52 Å². The summed E-state index contributed by atoms with van der Waals surface area (Å²) in [6.07, 6.45) is 0.760. The van der Waals surface area contributed by atoms with Gasteiger partial charge in [0.05, 0.1) is 5.02 Å². The number of rotatable bonds is 2. The normalized spacial score (nSPS) is 10.8. The van der Waals surface area contributed by atoms with Crippen molar-refractivity contribution >= 4 is 28.2 Å². The summed E-state index contributed by atoms with van der Waals surface area (Å²) in [7, 11) is 1.81. The summed E-state index contributed by atoms with van der Waals surface area (Å²) in [5, 5.41) is 3.90. The van der Waals surface area contributed by atoms with Crippen molar-refractivity contribution in [3.63, 3.8) is 0 Å². The topological polar surface area (TPSA) is 24.9 Å². The molecule has 16 heavy (non-hydrogen) atoms. The summed E-state index contributed by atoms with van der Waals surface area (Å²) in [6, 6.07) is 5.25. The maximum Gasteiger partial charge on any atom is 0.168 e. The van der Waals surface area contributed by atoms with Gasteiger partial charge in [0.25, 0.3) is 0 Å². The molecule has 1 N–H and O–H groups in total. The Morgan fingerprint density at radius 2 is 2.19 bits per heavy atom. The number of benzene rings is 1. The van der Waals surface area contributed by atoms with Crippen LogP contribution in [0.4, 0.5) is 10.1 Å². The Morgan fingerprint density at radius 1 is 1.44 bits per heavy atom. The van der Waals surface area contributed by atoms with Gasteiger partial charge in [0.2, 0.25) is 0 Å². The molecule has 0 amide bonds. The van der Waals surface area contributed by atoms with E-state index in [9.17, 15) is 4.39 Å². The minimum absolute atomic E-state index is 0.107. The molecule has 0 aliphatic carbocycles. The minimum Gasteiger partial charge on any atom is -0.388 e. The first-order chi connectivity index (χ1) is 7.67. The fourth-order valence-electron chi connectivity index (χ4n) is 1.67. The Kier molecular flexibility index (Phi) is 2.97. The van der Waals surface area contributed by atoms with Crippen LogP contribution in [0.3, 0.4) is 0 Å². The van der Waals surface area contributed by atoms with Crippen LogP contribution < -0.4 is 5.32 Å². The van der Waals surface area contributed by atoms with Crippen molar-refractivity contribution in [3.05, 3.63) is 34.7 Å². The Hall–Kier alpha value is -1.35. The van der Waals surface area contributed by atoms with E-state index in [-0.39, 0.29) is 5.02 Å². The van der Waals surface area contributed by atoms with E-state index in [1.807, 2.05) is 13.0 Å². The predicted octanol–water partition coefficient (Wildman–Crippen LogP) is 3.63. The molecule has 0 aliphatic heterocycles. The summed E-state index contributed by atoms with van der Waals surface area (Å²) in [4.78, 5) is 4.26. The number of aromatic nitrogens is 1. The maximum atomic E-state index is 13.8. The van der Waals surface area contributed by atoms with Crippen LogP contribution in [-0.2, 0) is 6.42 Å². The lowest BCUT2D eigenvalue weighted by Gasteiger charge is -2.09. The van der Waals surface area contributed by atoms with E-state index < -0.39 is 5.82 Å². The highest BCUT2D eigenvalue weighted by atomic mass is 35.5. The quantitative estimate of drug-likeness (QED) is 0.864. The molecule has 0 unspecified atom stereocenters. The second-order valence-corrected chi connectivity index (χ2v) is 3.93. The second kappa shape index (κ2) is 4.26. The highest BCUT2D eigenvalue weighted by molar-refractivity contribution is 6.31.